The topological polar surface area (TPSA) is 95.1 Å². The molecule has 0 radical (unpaired) electrons. The molecule has 0 aromatic carbocycles. The summed E-state index contributed by atoms with van der Waals surface area (Å²) in [7, 11) is 2.17. The number of nitro groups is 1. The first-order valence-electron chi connectivity index (χ1n) is 8.11. The zero-order valence-electron chi connectivity index (χ0n) is 13.5. The zero-order valence-corrected chi connectivity index (χ0v) is 13.5. The Balaban J connectivity index is 1.78. The second kappa shape index (κ2) is 8.44. The second-order valence-corrected chi connectivity index (χ2v) is 5.99. The maximum absolute atomic E-state index is 10.8. The number of nitrogens with one attached hydrogen (secondary N) is 1. The molecule has 23 heavy (non-hydrogen) atoms. The smallest absolute Gasteiger partial charge is 0.305 e. The Hall–Kier alpha value is -2.20. The first-order valence-corrected chi connectivity index (χ1v) is 8.11. The monoisotopic (exact) mass is 317 g/mol. The van der Waals surface area contributed by atoms with Gasteiger partial charge < -0.3 is 10.2 Å². The van der Waals surface area contributed by atoms with E-state index in [2.05, 4.69) is 22.2 Å². The Kier molecular flexibility index (Phi) is 6.29. The third-order valence-electron chi connectivity index (χ3n) is 4.37. The summed E-state index contributed by atoms with van der Waals surface area (Å²) in [5.41, 5.74) is -0.408. The van der Waals surface area contributed by atoms with E-state index in [1.807, 2.05) is 0 Å². The van der Waals surface area contributed by atoms with Gasteiger partial charge in [0.05, 0.1) is 4.92 Å². The molecule has 7 heteroatoms. The summed E-state index contributed by atoms with van der Waals surface area (Å²) in [6, 6.07) is 5.34. The van der Waals surface area contributed by atoms with Gasteiger partial charge in [0.15, 0.2) is 0 Å². The van der Waals surface area contributed by atoms with Crippen LogP contribution in [0, 0.1) is 21.4 Å². The van der Waals surface area contributed by atoms with Crippen molar-refractivity contribution >= 4 is 11.5 Å². The number of rotatable bonds is 7. The lowest BCUT2D eigenvalue weighted by molar-refractivity contribution is -0.385. The first-order chi connectivity index (χ1) is 11.1. The normalized spacial score (nSPS) is 15.3. The lowest BCUT2D eigenvalue weighted by Gasteiger charge is -2.31. The molecule has 1 fully saturated rings. The van der Waals surface area contributed by atoms with E-state index in [-0.39, 0.29) is 11.4 Å². The van der Waals surface area contributed by atoms with E-state index in [0.29, 0.717) is 11.9 Å². The molecule has 0 atom stereocenters. The molecule has 1 aromatic heterocycles. The molecule has 0 bridgehead atoms. The summed E-state index contributed by atoms with van der Waals surface area (Å²) in [4.78, 5) is 16.6. The van der Waals surface area contributed by atoms with Crippen LogP contribution in [0.25, 0.3) is 0 Å². The minimum Gasteiger partial charge on any atom is -0.370 e. The maximum atomic E-state index is 10.8. The molecule has 0 spiro atoms. The van der Waals surface area contributed by atoms with Gasteiger partial charge in [-0.3, -0.25) is 10.1 Å². The molecule has 1 heterocycles. The van der Waals surface area contributed by atoms with Crippen molar-refractivity contribution in [3.8, 4) is 6.07 Å². The van der Waals surface area contributed by atoms with Crippen LogP contribution in [0.4, 0.5) is 11.5 Å². The molecule has 2 rings (SSSR count). The summed E-state index contributed by atoms with van der Waals surface area (Å²) in [5.74, 6) is 0.507. The molecule has 0 amide bonds. The van der Waals surface area contributed by atoms with Crippen molar-refractivity contribution in [3.05, 3.63) is 27.9 Å². The minimum atomic E-state index is -0.589. The fraction of sp³-hybridized carbons (Fsp3) is 0.625. The van der Waals surface area contributed by atoms with Gasteiger partial charge in [0.25, 0.3) is 0 Å². The van der Waals surface area contributed by atoms with Gasteiger partial charge in [-0.2, -0.15) is 5.26 Å². The largest absolute Gasteiger partial charge is 0.370 e. The molecule has 0 unspecified atom stereocenters. The Morgan fingerprint density at radius 2 is 2.17 bits per heavy atom. The highest BCUT2D eigenvalue weighted by molar-refractivity contribution is 5.50. The number of hydrogen-bond donors (Lipinski definition) is 1. The first kappa shape index (κ1) is 17.2. The Morgan fingerprint density at radius 3 is 2.83 bits per heavy atom. The van der Waals surface area contributed by atoms with Gasteiger partial charge in [-0.1, -0.05) is 19.3 Å². The van der Waals surface area contributed by atoms with E-state index in [1.165, 1.54) is 38.2 Å². The highest BCUT2D eigenvalue weighted by atomic mass is 16.6. The van der Waals surface area contributed by atoms with Crippen molar-refractivity contribution in [1.82, 2.24) is 9.88 Å². The van der Waals surface area contributed by atoms with Gasteiger partial charge in [-0.15, -0.1) is 0 Å². The lowest BCUT2D eigenvalue weighted by atomic mass is 9.94. The van der Waals surface area contributed by atoms with Crippen molar-refractivity contribution in [2.24, 2.45) is 0 Å². The number of nitrogens with zero attached hydrogens (tertiary/aromatic N) is 4. The fourth-order valence-corrected chi connectivity index (χ4v) is 3.03. The molecular formula is C16H23N5O2. The maximum Gasteiger partial charge on any atom is 0.305 e. The summed E-state index contributed by atoms with van der Waals surface area (Å²) >= 11 is 0. The van der Waals surface area contributed by atoms with Crippen LogP contribution in [-0.4, -0.2) is 41.0 Å². The van der Waals surface area contributed by atoms with Gasteiger partial charge in [-0.05, 0) is 38.9 Å². The molecule has 1 aliphatic rings. The van der Waals surface area contributed by atoms with Gasteiger partial charge in [-0.25, -0.2) is 4.98 Å². The Labute approximate surface area is 136 Å². The highest BCUT2D eigenvalue weighted by Crippen LogP contribution is 2.21. The van der Waals surface area contributed by atoms with Crippen molar-refractivity contribution in [1.29, 1.82) is 5.26 Å². The number of aromatic nitrogens is 1. The van der Waals surface area contributed by atoms with Crippen molar-refractivity contribution in [2.75, 3.05) is 25.5 Å². The zero-order chi connectivity index (χ0) is 16.7. The van der Waals surface area contributed by atoms with Crippen molar-refractivity contribution < 1.29 is 4.92 Å². The summed E-state index contributed by atoms with van der Waals surface area (Å²) in [5, 5.41) is 22.8. The average molecular weight is 317 g/mol. The summed E-state index contributed by atoms with van der Waals surface area (Å²) in [6.07, 6.45) is 7.57. The van der Waals surface area contributed by atoms with Crippen LogP contribution >= 0.6 is 0 Å². The number of nitriles is 1. The third kappa shape index (κ3) is 4.89. The van der Waals surface area contributed by atoms with E-state index in [4.69, 9.17) is 5.26 Å². The second-order valence-electron chi connectivity index (χ2n) is 5.99. The molecule has 0 aliphatic heterocycles. The molecule has 1 aliphatic carbocycles. The fourth-order valence-electron chi connectivity index (χ4n) is 3.03. The van der Waals surface area contributed by atoms with E-state index in [9.17, 15) is 10.1 Å². The number of pyridine rings is 1. The van der Waals surface area contributed by atoms with Gasteiger partial charge in [0.1, 0.15) is 11.9 Å². The van der Waals surface area contributed by atoms with Gasteiger partial charge in [0.2, 0.25) is 5.69 Å². The van der Waals surface area contributed by atoms with Gasteiger partial charge >= 0.3 is 5.69 Å². The lowest BCUT2D eigenvalue weighted by Crippen LogP contribution is -2.34. The molecule has 124 valence electrons. The van der Waals surface area contributed by atoms with Crippen LogP contribution in [0.2, 0.25) is 0 Å². The van der Waals surface area contributed by atoms with E-state index in [1.54, 1.807) is 12.1 Å². The van der Waals surface area contributed by atoms with E-state index >= 15 is 0 Å². The van der Waals surface area contributed by atoms with Crippen LogP contribution in [0.15, 0.2) is 12.1 Å². The predicted octanol–water partition coefficient (Wildman–Crippen LogP) is 2.93. The quantitative estimate of drug-likeness (QED) is 0.472. The van der Waals surface area contributed by atoms with Crippen LogP contribution in [-0.2, 0) is 0 Å². The molecule has 7 nitrogen and oxygen atoms in total. The van der Waals surface area contributed by atoms with E-state index < -0.39 is 4.92 Å². The molecule has 1 aromatic rings. The summed E-state index contributed by atoms with van der Waals surface area (Å²) < 4.78 is 0. The van der Waals surface area contributed by atoms with Gasteiger partial charge in [0, 0.05) is 18.7 Å². The van der Waals surface area contributed by atoms with Crippen LogP contribution < -0.4 is 5.32 Å². The predicted molar refractivity (Wildman–Crippen MR) is 88.2 cm³/mol. The van der Waals surface area contributed by atoms with Crippen molar-refractivity contribution in [2.45, 2.75) is 44.6 Å². The number of hydrogen-bond acceptors (Lipinski definition) is 6. The molecule has 1 saturated carbocycles. The standard InChI is InChI=1S/C16H23N5O2/c1-20(13-6-3-2-4-7-13)11-5-10-18-16-9-8-15(21(22)23)14(12-17)19-16/h8-9,13H,2-7,10-11H2,1H3,(H,18,19). The highest BCUT2D eigenvalue weighted by Gasteiger charge is 2.17. The van der Waals surface area contributed by atoms with E-state index in [0.717, 1.165) is 19.5 Å². The Morgan fingerprint density at radius 1 is 1.43 bits per heavy atom. The number of anilines is 1. The SMILES string of the molecule is CN(CCCNc1ccc([N+](=O)[O-])c(C#N)n1)C1CCCCC1. The average Bonchev–Trinajstić information content (AvgIpc) is 2.58. The van der Waals surface area contributed by atoms with Crippen molar-refractivity contribution in [3.63, 3.8) is 0 Å². The third-order valence-corrected chi connectivity index (χ3v) is 4.37. The molecule has 1 N–H and O–H groups in total. The minimum absolute atomic E-state index is 0.153. The molecular weight excluding hydrogens is 294 g/mol. The Bertz CT molecular complexity index is 578. The summed E-state index contributed by atoms with van der Waals surface area (Å²) in [6.45, 7) is 1.74. The van der Waals surface area contributed by atoms with Crippen LogP contribution in [0.5, 0.6) is 0 Å². The van der Waals surface area contributed by atoms with Crippen LogP contribution in [0.1, 0.15) is 44.2 Å². The van der Waals surface area contributed by atoms with Crippen LogP contribution in [0.3, 0.4) is 0 Å². The molecule has 0 saturated heterocycles.